The molecule has 0 spiro atoms. The molecule has 27 heavy (non-hydrogen) atoms. The van der Waals surface area contributed by atoms with Gasteiger partial charge in [-0.1, -0.05) is 31.0 Å². The van der Waals surface area contributed by atoms with Crippen molar-refractivity contribution in [3.63, 3.8) is 0 Å². The highest BCUT2D eigenvalue weighted by Crippen LogP contribution is 2.37. The Morgan fingerprint density at radius 3 is 2.26 bits per heavy atom. The van der Waals surface area contributed by atoms with Crippen LogP contribution in [0.2, 0.25) is 0 Å². The van der Waals surface area contributed by atoms with Crippen LogP contribution in [-0.4, -0.2) is 28.7 Å². The standard InChI is InChI=1S/C21H22N2O3S/c1-13(23-20(25)15-9-4-5-10-16(15)21(23)26)19(24)22-18(14-7-2-3-8-14)17-11-6-12-27-17/h4-6,9-14,18H,2-3,7-8H2,1H3,(H,22,24)/t13-,18+/m1/s1. The van der Waals surface area contributed by atoms with E-state index in [1.54, 1.807) is 42.5 Å². The second kappa shape index (κ2) is 7.27. The molecule has 1 aromatic heterocycles. The topological polar surface area (TPSA) is 66.5 Å². The largest absolute Gasteiger partial charge is 0.346 e. The molecular formula is C21H22N2O3S. The molecule has 1 aromatic carbocycles. The number of thiophene rings is 1. The molecule has 1 N–H and O–H groups in total. The summed E-state index contributed by atoms with van der Waals surface area (Å²) >= 11 is 1.63. The first kappa shape index (κ1) is 17.9. The van der Waals surface area contributed by atoms with Crippen molar-refractivity contribution in [1.82, 2.24) is 10.2 Å². The fraction of sp³-hybridized carbons (Fsp3) is 0.381. The lowest BCUT2D eigenvalue weighted by atomic mass is 9.96. The molecule has 2 heterocycles. The third-order valence-electron chi connectivity index (χ3n) is 5.61. The van der Waals surface area contributed by atoms with Crippen LogP contribution in [0.1, 0.15) is 64.2 Å². The third kappa shape index (κ3) is 3.18. The number of rotatable bonds is 5. The van der Waals surface area contributed by atoms with E-state index < -0.39 is 17.9 Å². The zero-order valence-corrected chi connectivity index (χ0v) is 16.0. The minimum absolute atomic E-state index is 0.0577. The average Bonchev–Trinajstić information content (AvgIpc) is 3.42. The van der Waals surface area contributed by atoms with Gasteiger partial charge < -0.3 is 5.32 Å². The van der Waals surface area contributed by atoms with E-state index in [0.717, 1.165) is 22.6 Å². The molecular weight excluding hydrogens is 360 g/mol. The maximum absolute atomic E-state index is 13.0. The summed E-state index contributed by atoms with van der Waals surface area (Å²) in [6.07, 6.45) is 4.53. The van der Waals surface area contributed by atoms with Crippen molar-refractivity contribution in [1.29, 1.82) is 0 Å². The SMILES string of the molecule is C[C@H](C(=O)N[C@H](c1cccs1)C1CCCC1)N1C(=O)c2ccccc2C1=O. The first-order chi connectivity index (χ1) is 13.1. The quantitative estimate of drug-likeness (QED) is 0.801. The molecule has 1 aliphatic carbocycles. The minimum Gasteiger partial charge on any atom is -0.346 e. The highest BCUT2D eigenvalue weighted by atomic mass is 32.1. The molecule has 0 saturated heterocycles. The van der Waals surface area contributed by atoms with Gasteiger partial charge in [0.25, 0.3) is 11.8 Å². The molecule has 0 radical (unpaired) electrons. The predicted octanol–water partition coefficient (Wildman–Crippen LogP) is 3.78. The van der Waals surface area contributed by atoms with Gasteiger partial charge >= 0.3 is 0 Å². The van der Waals surface area contributed by atoms with Crippen molar-refractivity contribution < 1.29 is 14.4 Å². The summed E-state index contributed by atoms with van der Waals surface area (Å²) in [5.74, 6) is -0.671. The summed E-state index contributed by atoms with van der Waals surface area (Å²) in [7, 11) is 0. The summed E-state index contributed by atoms with van der Waals surface area (Å²) in [6.45, 7) is 1.62. The second-order valence-corrected chi connectivity index (χ2v) is 8.23. The lowest BCUT2D eigenvalue weighted by molar-refractivity contribution is -0.125. The van der Waals surface area contributed by atoms with Gasteiger partial charge in [-0.3, -0.25) is 19.3 Å². The molecule has 140 valence electrons. The lowest BCUT2D eigenvalue weighted by Gasteiger charge is -2.28. The Labute approximate surface area is 162 Å². The number of nitrogens with one attached hydrogen (secondary N) is 1. The van der Waals surface area contributed by atoms with Gasteiger partial charge in [0.15, 0.2) is 0 Å². The maximum Gasteiger partial charge on any atom is 0.262 e. The number of benzene rings is 1. The molecule has 2 atom stereocenters. The summed E-state index contributed by atoms with van der Waals surface area (Å²) in [6, 6.07) is 9.85. The number of carbonyl (C=O) groups is 3. The van der Waals surface area contributed by atoms with Gasteiger partial charge in [-0.15, -0.1) is 11.3 Å². The van der Waals surface area contributed by atoms with E-state index in [2.05, 4.69) is 5.32 Å². The number of amides is 3. The van der Waals surface area contributed by atoms with Gasteiger partial charge in [0.2, 0.25) is 5.91 Å². The molecule has 4 rings (SSSR count). The number of hydrogen-bond acceptors (Lipinski definition) is 4. The molecule has 6 heteroatoms. The molecule has 1 fully saturated rings. The van der Waals surface area contributed by atoms with E-state index in [9.17, 15) is 14.4 Å². The van der Waals surface area contributed by atoms with Crippen molar-refractivity contribution in [3.05, 3.63) is 57.8 Å². The molecule has 2 aliphatic rings. The highest BCUT2D eigenvalue weighted by Gasteiger charge is 2.41. The van der Waals surface area contributed by atoms with Crippen molar-refractivity contribution in [2.24, 2.45) is 5.92 Å². The van der Waals surface area contributed by atoms with E-state index in [4.69, 9.17) is 0 Å². The number of hydrogen-bond donors (Lipinski definition) is 1. The zero-order chi connectivity index (χ0) is 19.0. The number of fused-ring (bicyclic) bond motifs is 1. The maximum atomic E-state index is 13.0. The Bertz CT molecular complexity index is 836. The van der Waals surface area contributed by atoms with Gasteiger partial charge in [-0.2, -0.15) is 0 Å². The predicted molar refractivity (Wildman–Crippen MR) is 104 cm³/mol. The van der Waals surface area contributed by atoms with E-state index in [1.807, 2.05) is 17.5 Å². The number of imide groups is 1. The molecule has 5 nitrogen and oxygen atoms in total. The molecule has 2 aromatic rings. The minimum atomic E-state index is -0.846. The van der Waals surface area contributed by atoms with Crippen LogP contribution in [0.15, 0.2) is 41.8 Å². The normalized spacial score (nSPS) is 19.2. The lowest BCUT2D eigenvalue weighted by Crippen LogP contribution is -2.49. The van der Waals surface area contributed by atoms with E-state index in [-0.39, 0.29) is 11.9 Å². The van der Waals surface area contributed by atoms with Gasteiger partial charge in [0, 0.05) is 4.88 Å². The van der Waals surface area contributed by atoms with Gasteiger partial charge in [0.05, 0.1) is 17.2 Å². The van der Waals surface area contributed by atoms with Crippen LogP contribution in [0.5, 0.6) is 0 Å². The van der Waals surface area contributed by atoms with Crippen LogP contribution in [0.25, 0.3) is 0 Å². The molecule has 0 unspecified atom stereocenters. The number of carbonyl (C=O) groups excluding carboxylic acids is 3. The zero-order valence-electron chi connectivity index (χ0n) is 15.2. The van der Waals surface area contributed by atoms with E-state index in [0.29, 0.717) is 17.0 Å². The van der Waals surface area contributed by atoms with Crippen molar-refractivity contribution >= 4 is 29.1 Å². The molecule has 3 amide bonds. The summed E-state index contributed by atoms with van der Waals surface area (Å²) in [5, 5.41) is 5.14. The van der Waals surface area contributed by atoms with Crippen LogP contribution in [-0.2, 0) is 4.79 Å². The second-order valence-electron chi connectivity index (χ2n) is 7.25. The number of nitrogens with zero attached hydrogens (tertiary/aromatic N) is 1. The Morgan fingerprint density at radius 2 is 1.70 bits per heavy atom. The van der Waals surface area contributed by atoms with E-state index in [1.165, 1.54) is 12.8 Å². The fourth-order valence-electron chi connectivity index (χ4n) is 4.13. The third-order valence-corrected chi connectivity index (χ3v) is 6.57. The van der Waals surface area contributed by atoms with Gasteiger partial charge in [-0.25, -0.2) is 0 Å². The summed E-state index contributed by atoms with van der Waals surface area (Å²) in [5.41, 5.74) is 0.737. The van der Waals surface area contributed by atoms with E-state index >= 15 is 0 Å². The van der Waals surface area contributed by atoms with Crippen molar-refractivity contribution in [2.75, 3.05) is 0 Å². The molecule has 1 saturated carbocycles. The van der Waals surface area contributed by atoms with Gasteiger partial charge in [0.1, 0.15) is 6.04 Å². The van der Waals surface area contributed by atoms with Crippen molar-refractivity contribution in [2.45, 2.75) is 44.7 Å². The Morgan fingerprint density at radius 1 is 1.07 bits per heavy atom. The highest BCUT2D eigenvalue weighted by molar-refractivity contribution is 7.10. The van der Waals surface area contributed by atoms with Crippen LogP contribution >= 0.6 is 11.3 Å². The fourth-order valence-corrected chi connectivity index (χ4v) is 5.00. The van der Waals surface area contributed by atoms with Crippen LogP contribution in [0.3, 0.4) is 0 Å². The first-order valence-electron chi connectivity index (χ1n) is 9.38. The smallest absolute Gasteiger partial charge is 0.262 e. The summed E-state index contributed by atoms with van der Waals surface area (Å²) in [4.78, 5) is 40.5. The van der Waals surface area contributed by atoms with Crippen LogP contribution < -0.4 is 5.32 Å². The van der Waals surface area contributed by atoms with Crippen LogP contribution in [0, 0.1) is 5.92 Å². The molecule has 1 aliphatic heterocycles. The Balaban J connectivity index is 1.54. The molecule has 0 bridgehead atoms. The monoisotopic (exact) mass is 382 g/mol. The van der Waals surface area contributed by atoms with Crippen LogP contribution in [0.4, 0.5) is 0 Å². The Hall–Kier alpha value is -2.47. The van der Waals surface area contributed by atoms with Gasteiger partial charge in [-0.05, 0) is 49.3 Å². The first-order valence-corrected chi connectivity index (χ1v) is 10.3. The van der Waals surface area contributed by atoms with Crippen molar-refractivity contribution in [3.8, 4) is 0 Å². The summed E-state index contributed by atoms with van der Waals surface area (Å²) < 4.78 is 0. The Kier molecular flexibility index (Phi) is 4.83. The average molecular weight is 382 g/mol.